The van der Waals surface area contributed by atoms with Crippen LogP contribution < -0.4 is 21.7 Å². The van der Waals surface area contributed by atoms with Crippen LogP contribution in [0.4, 0.5) is 10.5 Å². The van der Waals surface area contributed by atoms with Crippen molar-refractivity contribution >= 4 is 37.6 Å². The second-order valence-corrected chi connectivity index (χ2v) is 5.87. The van der Waals surface area contributed by atoms with Gasteiger partial charge in [0.25, 0.3) is 0 Å². The van der Waals surface area contributed by atoms with Crippen molar-refractivity contribution in [2.45, 2.75) is 31.9 Å². The van der Waals surface area contributed by atoms with Crippen molar-refractivity contribution in [1.29, 1.82) is 0 Å². The van der Waals surface area contributed by atoms with E-state index >= 15 is 0 Å². The first kappa shape index (κ1) is 22.2. The zero-order chi connectivity index (χ0) is 20.1. The molecule has 5 N–H and O–H groups in total. The van der Waals surface area contributed by atoms with Crippen LogP contribution >= 0.6 is 0 Å². The number of ether oxygens (including phenoxy) is 1. The minimum Gasteiger partial charge on any atom is -0.469 e. The first-order chi connectivity index (χ1) is 13.0. The minimum absolute atomic E-state index is 0.158. The Morgan fingerprint density at radius 1 is 1.19 bits per heavy atom. The van der Waals surface area contributed by atoms with Gasteiger partial charge in [0.15, 0.2) is 0 Å². The molecule has 0 aliphatic heterocycles. The summed E-state index contributed by atoms with van der Waals surface area (Å²) in [6.07, 6.45) is 2.26. The number of nitrogens with one attached hydrogen (secondary N) is 3. The predicted octanol–water partition coefficient (Wildman–Crippen LogP) is -0.745. The number of carbonyl (C=O) groups excluding carboxylic acids is 4. The van der Waals surface area contributed by atoms with Crippen LogP contribution in [0.5, 0.6) is 0 Å². The van der Waals surface area contributed by atoms with Crippen LogP contribution in [-0.2, 0) is 25.7 Å². The summed E-state index contributed by atoms with van der Waals surface area (Å²) < 4.78 is 4.90. The van der Waals surface area contributed by atoms with Crippen LogP contribution in [0.2, 0.25) is 0 Å². The molecule has 1 unspecified atom stereocenters. The van der Waals surface area contributed by atoms with Gasteiger partial charge in [-0.3, -0.25) is 19.2 Å². The highest BCUT2D eigenvalue weighted by Gasteiger charge is 2.20. The van der Waals surface area contributed by atoms with Gasteiger partial charge in [0.1, 0.15) is 12.6 Å². The SMILES string of the molecule is BC(=O)OCc1ccc(NC(=O)C(CCCCN)NC(=O)CNC=O)cc1. The number of anilines is 1. The third-order valence-corrected chi connectivity index (χ3v) is 3.61. The van der Waals surface area contributed by atoms with Crippen molar-refractivity contribution in [2.75, 3.05) is 18.4 Å². The lowest BCUT2D eigenvalue weighted by Gasteiger charge is -2.18. The maximum Gasteiger partial charge on any atom is 0.246 e. The maximum absolute atomic E-state index is 12.5. The summed E-state index contributed by atoms with van der Waals surface area (Å²) in [7, 11) is 1.33. The van der Waals surface area contributed by atoms with Gasteiger partial charge in [0, 0.05) is 5.69 Å². The molecule has 0 spiro atoms. The molecule has 0 aliphatic rings. The normalized spacial score (nSPS) is 11.1. The Hall–Kier alpha value is -2.88. The van der Waals surface area contributed by atoms with Crippen LogP contribution in [-0.4, -0.2) is 51.1 Å². The molecule has 0 aromatic heterocycles. The van der Waals surface area contributed by atoms with Crippen molar-refractivity contribution in [3.05, 3.63) is 29.8 Å². The Kier molecular flexibility index (Phi) is 10.2. The van der Waals surface area contributed by atoms with E-state index in [4.69, 9.17) is 10.5 Å². The van der Waals surface area contributed by atoms with Gasteiger partial charge in [-0.25, -0.2) is 0 Å². The van der Waals surface area contributed by atoms with E-state index < -0.39 is 11.9 Å². The Bertz CT molecular complexity index is 639. The molecule has 0 radical (unpaired) electrons. The molecule has 0 heterocycles. The van der Waals surface area contributed by atoms with Crippen molar-refractivity contribution in [3.63, 3.8) is 0 Å². The molecule has 0 saturated carbocycles. The van der Waals surface area contributed by atoms with Gasteiger partial charge in [-0.05, 0) is 43.5 Å². The van der Waals surface area contributed by atoms with Crippen LogP contribution in [0.3, 0.4) is 0 Å². The molecule has 146 valence electrons. The smallest absolute Gasteiger partial charge is 0.246 e. The number of rotatable bonds is 12. The van der Waals surface area contributed by atoms with Gasteiger partial charge >= 0.3 is 0 Å². The second-order valence-electron chi connectivity index (χ2n) is 5.87. The van der Waals surface area contributed by atoms with Crippen LogP contribution in [0, 0.1) is 0 Å². The largest absolute Gasteiger partial charge is 0.469 e. The summed E-state index contributed by atoms with van der Waals surface area (Å²) in [5.41, 5.74) is 6.81. The zero-order valence-corrected chi connectivity index (χ0v) is 15.3. The number of benzene rings is 1. The van der Waals surface area contributed by atoms with Crippen molar-refractivity contribution in [1.82, 2.24) is 10.6 Å². The molecule has 10 heteroatoms. The molecule has 27 heavy (non-hydrogen) atoms. The van der Waals surface area contributed by atoms with Gasteiger partial charge in [-0.2, -0.15) is 0 Å². The fourth-order valence-electron chi connectivity index (χ4n) is 2.24. The third-order valence-electron chi connectivity index (χ3n) is 3.61. The molecule has 1 rings (SSSR count). The van der Waals surface area contributed by atoms with Crippen LogP contribution in [0.15, 0.2) is 24.3 Å². The Labute approximate surface area is 158 Å². The molecular weight excluding hydrogens is 351 g/mol. The van der Waals surface area contributed by atoms with E-state index in [0.29, 0.717) is 31.5 Å². The van der Waals surface area contributed by atoms with E-state index in [0.717, 1.165) is 12.0 Å². The average molecular weight is 376 g/mol. The lowest BCUT2D eigenvalue weighted by molar-refractivity contribution is -0.126. The molecule has 1 atom stereocenters. The fraction of sp³-hybridized carbons (Fsp3) is 0.412. The number of amides is 3. The molecule has 1 aromatic carbocycles. The fourth-order valence-corrected chi connectivity index (χ4v) is 2.24. The third kappa shape index (κ3) is 9.41. The molecular formula is C17H25BN4O5. The van der Waals surface area contributed by atoms with E-state index in [1.165, 1.54) is 7.85 Å². The monoisotopic (exact) mass is 376 g/mol. The highest BCUT2D eigenvalue weighted by Crippen LogP contribution is 2.12. The molecule has 0 aliphatic carbocycles. The number of hydrogen-bond donors (Lipinski definition) is 4. The second kappa shape index (κ2) is 12.5. The van der Waals surface area contributed by atoms with Gasteiger partial charge in [-0.15, -0.1) is 0 Å². The van der Waals surface area contributed by atoms with Crippen molar-refractivity contribution in [3.8, 4) is 0 Å². The van der Waals surface area contributed by atoms with Gasteiger partial charge in [-0.1, -0.05) is 12.1 Å². The Morgan fingerprint density at radius 3 is 2.48 bits per heavy atom. The average Bonchev–Trinajstić information content (AvgIpc) is 2.65. The van der Waals surface area contributed by atoms with E-state index in [1.807, 2.05) is 0 Å². The first-order valence-corrected chi connectivity index (χ1v) is 8.66. The molecule has 1 aromatic rings. The molecule has 3 amide bonds. The van der Waals surface area contributed by atoms with Gasteiger partial charge in [0.2, 0.25) is 31.9 Å². The summed E-state index contributed by atoms with van der Waals surface area (Å²) in [6, 6.07) is 6.09. The Morgan fingerprint density at radius 2 is 1.89 bits per heavy atom. The van der Waals surface area contributed by atoms with E-state index in [9.17, 15) is 19.2 Å². The topological polar surface area (TPSA) is 140 Å². The Balaban J connectivity index is 2.65. The number of nitrogens with two attached hydrogens (primary N) is 1. The number of carbonyl (C=O) groups is 4. The van der Waals surface area contributed by atoms with Gasteiger partial charge < -0.3 is 26.4 Å². The minimum atomic E-state index is -0.738. The van der Waals surface area contributed by atoms with Gasteiger partial charge in [0.05, 0.1) is 6.54 Å². The van der Waals surface area contributed by atoms with E-state index in [-0.39, 0.29) is 24.9 Å². The zero-order valence-electron chi connectivity index (χ0n) is 15.3. The summed E-state index contributed by atoms with van der Waals surface area (Å²) in [4.78, 5) is 45.4. The van der Waals surface area contributed by atoms with Crippen molar-refractivity contribution < 1.29 is 23.9 Å². The predicted molar refractivity (Wildman–Crippen MR) is 103 cm³/mol. The quantitative estimate of drug-likeness (QED) is 0.215. The standard InChI is InChI=1S/C17H25BN4O5/c18-17(26)27-10-12-4-6-13(7-5-12)21-16(25)14(3-1-2-8-19)22-15(24)9-20-11-23/h4-7,11,14H,1-3,8-10,18-19H2,(H,20,23)(H,21,25)(H,22,24). The highest BCUT2D eigenvalue weighted by molar-refractivity contribution is 6.55. The molecule has 0 fully saturated rings. The highest BCUT2D eigenvalue weighted by atomic mass is 16.5. The first-order valence-electron chi connectivity index (χ1n) is 8.66. The van der Waals surface area contributed by atoms with Crippen molar-refractivity contribution in [2.24, 2.45) is 5.73 Å². The number of unbranched alkanes of at least 4 members (excludes halogenated alkanes) is 1. The van der Waals surface area contributed by atoms with Crippen LogP contribution in [0.25, 0.3) is 0 Å². The summed E-state index contributed by atoms with van der Waals surface area (Å²) in [5.74, 6) is -1.18. The van der Waals surface area contributed by atoms with Crippen LogP contribution in [0.1, 0.15) is 24.8 Å². The lowest BCUT2D eigenvalue weighted by Crippen LogP contribution is -2.46. The maximum atomic E-state index is 12.5. The summed E-state index contributed by atoms with van der Waals surface area (Å²) in [5, 5.41) is 7.60. The summed E-state index contributed by atoms with van der Waals surface area (Å²) >= 11 is 0. The van der Waals surface area contributed by atoms with E-state index in [2.05, 4.69) is 16.0 Å². The lowest BCUT2D eigenvalue weighted by atomic mass is 10.1. The van der Waals surface area contributed by atoms with E-state index in [1.54, 1.807) is 24.3 Å². The number of hydrogen-bond acceptors (Lipinski definition) is 6. The molecule has 0 saturated heterocycles. The molecule has 9 nitrogen and oxygen atoms in total. The summed E-state index contributed by atoms with van der Waals surface area (Å²) in [6.45, 7) is 0.457. The molecule has 0 bridgehead atoms.